The molecule has 0 amide bonds. The van der Waals surface area contributed by atoms with E-state index in [1.807, 2.05) is 24.3 Å². The van der Waals surface area contributed by atoms with E-state index in [1.54, 1.807) is 19.1 Å². The highest BCUT2D eigenvalue weighted by Gasteiger charge is 2.21. The number of hydrogen-bond donors (Lipinski definition) is 2. The fourth-order valence-electron chi connectivity index (χ4n) is 3.47. The quantitative estimate of drug-likeness (QED) is 0.279. The Bertz CT molecular complexity index is 1680. The second-order valence-corrected chi connectivity index (χ2v) is 10.8. The van der Waals surface area contributed by atoms with Crippen molar-refractivity contribution in [3.63, 3.8) is 0 Å². The second-order valence-electron chi connectivity index (χ2n) is 7.68. The number of thiophene rings is 1. The van der Waals surface area contributed by atoms with E-state index in [0.29, 0.717) is 37.1 Å². The number of ketones is 1. The zero-order valence-corrected chi connectivity index (χ0v) is 20.5. The predicted octanol–water partition coefficient (Wildman–Crippen LogP) is 5.53. The Morgan fingerprint density at radius 1 is 1.06 bits per heavy atom. The van der Waals surface area contributed by atoms with Crippen molar-refractivity contribution in [1.29, 1.82) is 0 Å². The van der Waals surface area contributed by atoms with Gasteiger partial charge in [0.1, 0.15) is 15.5 Å². The van der Waals surface area contributed by atoms with E-state index in [2.05, 4.69) is 14.9 Å². The average molecular weight is 525 g/mol. The first kappa shape index (κ1) is 23.0. The Labute approximate surface area is 209 Å². The molecule has 2 aromatic carbocycles. The van der Waals surface area contributed by atoms with Crippen LogP contribution in [-0.4, -0.2) is 24.3 Å². The molecule has 0 saturated carbocycles. The first-order valence-electron chi connectivity index (χ1n) is 10.3. The normalized spacial score (nSPS) is 11.6. The van der Waals surface area contributed by atoms with Gasteiger partial charge >= 0.3 is 0 Å². The number of halogens is 1. The zero-order valence-electron chi connectivity index (χ0n) is 18.2. The third kappa shape index (κ3) is 4.51. The van der Waals surface area contributed by atoms with Crippen molar-refractivity contribution >= 4 is 60.5 Å². The zero-order chi connectivity index (χ0) is 24.7. The number of benzene rings is 2. The van der Waals surface area contributed by atoms with Crippen molar-refractivity contribution in [3.8, 4) is 11.3 Å². The molecule has 0 aliphatic rings. The molecule has 0 radical (unpaired) electrons. The number of fused-ring (bicyclic) bond motifs is 1. The Kier molecular flexibility index (Phi) is 5.79. The summed E-state index contributed by atoms with van der Waals surface area (Å²) in [5, 5.41) is 4.94. The van der Waals surface area contributed by atoms with Crippen LogP contribution in [-0.2, 0) is 10.0 Å². The molecule has 3 heterocycles. The lowest BCUT2D eigenvalue weighted by molar-refractivity contribution is 0.104. The van der Waals surface area contributed by atoms with Gasteiger partial charge in [-0.2, -0.15) is 0 Å². The van der Waals surface area contributed by atoms with Crippen LogP contribution in [0.5, 0.6) is 0 Å². The van der Waals surface area contributed by atoms with Crippen molar-refractivity contribution in [2.45, 2.75) is 11.8 Å². The van der Waals surface area contributed by atoms with Crippen LogP contribution in [0.1, 0.15) is 21.0 Å². The van der Waals surface area contributed by atoms with Crippen molar-refractivity contribution in [2.75, 3.05) is 10.5 Å². The first-order chi connectivity index (χ1) is 16.7. The molecular weight excluding hydrogens is 508 g/mol. The number of nitrogens with zero attached hydrogens (tertiary/aromatic N) is 2. The Morgan fingerprint density at radius 3 is 2.43 bits per heavy atom. The van der Waals surface area contributed by atoms with Crippen LogP contribution in [0.15, 0.2) is 76.1 Å². The van der Waals surface area contributed by atoms with Crippen LogP contribution in [0, 0.1) is 6.92 Å². The van der Waals surface area contributed by atoms with Gasteiger partial charge in [0.25, 0.3) is 10.0 Å². The maximum atomic E-state index is 13.2. The molecule has 0 fully saturated rings. The molecule has 0 aliphatic carbocycles. The third-order valence-corrected chi connectivity index (χ3v) is 7.97. The summed E-state index contributed by atoms with van der Waals surface area (Å²) >= 11 is 7.16. The van der Waals surface area contributed by atoms with E-state index in [4.69, 9.17) is 21.9 Å². The number of sulfonamides is 1. The molecule has 3 N–H and O–H groups in total. The number of nitrogens with two attached hydrogens (primary N) is 1. The number of pyridine rings is 1. The molecule has 0 bridgehead atoms. The van der Waals surface area contributed by atoms with E-state index >= 15 is 0 Å². The summed E-state index contributed by atoms with van der Waals surface area (Å²) < 4.78 is 32.4. The first-order valence-corrected chi connectivity index (χ1v) is 12.9. The number of hydrogen-bond acceptors (Lipinski definition) is 8. The monoisotopic (exact) mass is 524 g/mol. The van der Waals surface area contributed by atoms with Crippen molar-refractivity contribution in [2.24, 2.45) is 0 Å². The number of rotatable bonds is 6. The minimum Gasteiger partial charge on any atom is -0.397 e. The molecule has 8 nitrogen and oxygen atoms in total. The van der Waals surface area contributed by atoms with Crippen LogP contribution in [0.4, 0.5) is 11.5 Å². The van der Waals surface area contributed by atoms with Gasteiger partial charge < -0.3 is 10.3 Å². The van der Waals surface area contributed by atoms with Crippen molar-refractivity contribution in [1.82, 2.24) is 10.1 Å². The number of aryl methyl sites for hydroxylation is 1. The van der Waals surface area contributed by atoms with Crippen LogP contribution < -0.4 is 10.5 Å². The maximum absolute atomic E-state index is 13.2. The topological polar surface area (TPSA) is 128 Å². The standard InChI is InChI=1S/C24H17ClN4O4S2/c1-13-12-20(28-33-13)29-35(31,32)17-8-4-15(5-9-17)22(30)23-21(26)18-10-11-19(27-24(18)34-23)14-2-6-16(25)7-3-14/h2-12H,26H2,1H3,(H,28,29). The molecule has 0 saturated heterocycles. The minimum absolute atomic E-state index is 0.0201. The van der Waals surface area contributed by atoms with Crippen molar-refractivity contribution < 1.29 is 17.7 Å². The van der Waals surface area contributed by atoms with Crippen LogP contribution >= 0.6 is 22.9 Å². The second kappa shape index (κ2) is 8.81. The fourth-order valence-corrected chi connectivity index (χ4v) is 5.64. The van der Waals surface area contributed by atoms with Crippen LogP contribution in [0.2, 0.25) is 5.02 Å². The lowest BCUT2D eigenvalue weighted by Gasteiger charge is -2.06. The highest BCUT2D eigenvalue weighted by atomic mass is 35.5. The maximum Gasteiger partial charge on any atom is 0.263 e. The third-order valence-electron chi connectivity index (χ3n) is 5.23. The SMILES string of the molecule is Cc1cc(NS(=O)(=O)c2ccc(C(=O)c3sc4nc(-c5ccc(Cl)cc5)ccc4c3N)cc2)no1. The van der Waals surface area contributed by atoms with Gasteiger partial charge in [0.15, 0.2) is 5.82 Å². The van der Waals surface area contributed by atoms with Crippen molar-refractivity contribution in [3.05, 3.63) is 88.0 Å². The fraction of sp³-hybridized carbons (Fsp3) is 0.0417. The number of anilines is 2. The summed E-state index contributed by atoms with van der Waals surface area (Å²) in [5.74, 6) is 0.230. The molecule has 0 atom stereocenters. The van der Waals surface area contributed by atoms with E-state index in [9.17, 15) is 13.2 Å². The lowest BCUT2D eigenvalue weighted by atomic mass is 10.1. The Morgan fingerprint density at radius 2 is 1.77 bits per heavy atom. The molecular formula is C24H17ClN4O4S2. The summed E-state index contributed by atoms with van der Waals surface area (Å²) in [6.45, 7) is 1.65. The summed E-state index contributed by atoms with van der Waals surface area (Å²) in [5.41, 5.74) is 8.55. The summed E-state index contributed by atoms with van der Waals surface area (Å²) in [7, 11) is -3.89. The highest BCUT2D eigenvalue weighted by molar-refractivity contribution is 7.92. The number of aromatic nitrogens is 2. The smallest absolute Gasteiger partial charge is 0.263 e. The van der Waals surface area contributed by atoms with Gasteiger partial charge in [0, 0.05) is 27.6 Å². The molecule has 35 heavy (non-hydrogen) atoms. The van der Waals surface area contributed by atoms with E-state index in [1.165, 1.54) is 41.7 Å². The molecule has 0 spiro atoms. The number of carbonyl (C=O) groups is 1. The van der Waals surface area contributed by atoms with Gasteiger partial charge in [-0.15, -0.1) is 11.3 Å². The number of carbonyl (C=O) groups excluding carboxylic acids is 1. The van der Waals surface area contributed by atoms with Crippen LogP contribution in [0.25, 0.3) is 21.5 Å². The van der Waals surface area contributed by atoms with Crippen LogP contribution in [0.3, 0.4) is 0 Å². The molecule has 5 rings (SSSR count). The lowest BCUT2D eigenvalue weighted by Crippen LogP contribution is -2.13. The summed E-state index contributed by atoms with van der Waals surface area (Å²) in [6.07, 6.45) is 0. The Hall–Kier alpha value is -3.73. The summed E-state index contributed by atoms with van der Waals surface area (Å²) in [6, 6.07) is 18.0. The van der Waals surface area contributed by atoms with Gasteiger partial charge in [-0.1, -0.05) is 28.9 Å². The molecule has 3 aromatic heterocycles. The van der Waals surface area contributed by atoms with Gasteiger partial charge in [-0.05, 0) is 55.5 Å². The Balaban J connectivity index is 1.42. The van der Waals surface area contributed by atoms with Gasteiger partial charge in [0.05, 0.1) is 16.3 Å². The van der Waals surface area contributed by atoms with E-state index in [0.717, 1.165) is 11.3 Å². The molecule has 0 unspecified atom stereocenters. The average Bonchev–Trinajstić information content (AvgIpc) is 3.40. The molecule has 176 valence electrons. The predicted molar refractivity (Wildman–Crippen MR) is 136 cm³/mol. The number of nitrogens with one attached hydrogen (secondary N) is 1. The van der Waals surface area contributed by atoms with Gasteiger partial charge in [-0.3, -0.25) is 9.52 Å². The molecule has 0 aliphatic heterocycles. The highest BCUT2D eigenvalue weighted by Crippen LogP contribution is 2.36. The number of nitrogen functional groups attached to an aromatic ring is 1. The minimum atomic E-state index is -3.89. The largest absolute Gasteiger partial charge is 0.397 e. The van der Waals surface area contributed by atoms with E-state index < -0.39 is 10.0 Å². The molecule has 11 heteroatoms. The van der Waals surface area contributed by atoms with E-state index in [-0.39, 0.29) is 16.5 Å². The van der Waals surface area contributed by atoms with Gasteiger partial charge in [-0.25, -0.2) is 13.4 Å². The summed E-state index contributed by atoms with van der Waals surface area (Å²) in [4.78, 5) is 18.8. The van der Waals surface area contributed by atoms with Gasteiger partial charge in [0.2, 0.25) is 5.78 Å². The molecule has 5 aromatic rings.